The lowest BCUT2D eigenvalue weighted by molar-refractivity contribution is 0.105. The molecule has 0 unspecified atom stereocenters. The Morgan fingerprint density at radius 1 is 1.04 bits per heavy atom. The molecule has 118 valence electrons. The summed E-state index contributed by atoms with van der Waals surface area (Å²) in [5.41, 5.74) is 2.96. The molecule has 2 aromatic rings. The van der Waals surface area contributed by atoms with Crippen LogP contribution in [0.4, 0.5) is 0 Å². The fourth-order valence-corrected chi connectivity index (χ4v) is 2.23. The van der Waals surface area contributed by atoms with Crippen molar-refractivity contribution in [3.8, 4) is 0 Å². The molecule has 0 saturated heterocycles. The molecule has 0 radical (unpaired) electrons. The van der Waals surface area contributed by atoms with Crippen LogP contribution < -0.4 is 0 Å². The molecule has 0 aliphatic heterocycles. The molecule has 0 fully saturated rings. The van der Waals surface area contributed by atoms with Gasteiger partial charge in [-0.1, -0.05) is 66.7 Å². The monoisotopic (exact) mass is 325 g/mol. The van der Waals surface area contributed by atoms with Gasteiger partial charge in [0.1, 0.15) is 0 Å². The summed E-state index contributed by atoms with van der Waals surface area (Å²) < 4.78 is 0. The Hall–Kier alpha value is -2.16. The number of allylic oxidation sites excluding steroid dienone is 1. The SMILES string of the molecule is C=C(C(=O)c1ccc(/C=C/CN(C)C)cc1)c1ccc(Cl)cc1. The van der Waals surface area contributed by atoms with Crippen molar-refractivity contribution in [2.24, 2.45) is 0 Å². The van der Waals surface area contributed by atoms with Gasteiger partial charge in [0.2, 0.25) is 0 Å². The van der Waals surface area contributed by atoms with E-state index in [9.17, 15) is 4.79 Å². The largest absolute Gasteiger partial charge is 0.306 e. The topological polar surface area (TPSA) is 20.3 Å². The highest BCUT2D eigenvalue weighted by Crippen LogP contribution is 2.20. The van der Waals surface area contributed by atoms with E-state index in [1.807, 2.05) is 44.4 Å². The first-order valence-electron chi connectivity index (χ1n) is 7.38. The average molecular weight is 326 g/mol. The molecular weight excluding hydrogens is 306 g/mol. The quantitative estimate of drug-likeness (QED) is 0.561. The Bertz CT molecular complexity index is 712. The van der Waals surface area contributed by atoms with Crippen LogP contribution in [0, 0.1) is 0 Å². The summed E-state index contributed by atoms with van der Waals surface area (Å²) in [4.78, 5) is 14.6. The number of halogens is 1. The van der Waals surface area contributed by atoms with Gasteiger partial charge in [-0.05, 0) is 37.4 Å². The minimum atomic E-state index is -0.0730. The predicted molar refractivity (Wildman–Crippen MR) is 98.8 cm³/mol. The van der Waals surface area contributed by atoms with E-state index >= 15 is 0 Å². The number of rotatable bonds is 6. The number of carbonyl (C=O) groups is 1. The number of likely N-dealkylation sites (N-methyl/N-ethyl adjacent to an activating group) is 1. The number of ketones is 1. The van der Waals surface area contributed by atoms with E-state index in [0.29, 0.717) is 16.2 Å². The molecule has 3 heteroatoms. The van der Waals surface area contributed by atoms with Crippen LogP contribution >= 0.6 is 11.6 Å². The lowest BCUT2D eigenvalue weighted by atomic mass is 9.97. The predicted octanol–water partition coefficient (Wildman–Crippen LogP) is 4.81. The maximum absolute atomic E-state index is 12.5. The number of carbonyl (C=O) groups excluding carboxylic acids is 1. The minimum absolute atomic E-state index is 0.0730. The van der Waals surface area contributed by atoms with Gasteiger partial charge in [-0.2, -0.15) is 0 Å². The zero-order chi connectivity index (χ0) is 16.8. The molecule has 0 saturated carbocycles. The van der Waals surface area contributed by atoms with Crippen LogP contribution in [-0.4, -0.2) is 31.3 Å². The van der Waals surface area contributed by atoms with Crippen LogP contribution in [0.15, 0.2) is 61.2 Å². The Labute approximate surface area is 142 Å². The normalized spacial score (nSPS) is 11.1. The van der Waals surface area contributed by atoms with Crippen molar-refractivity contribution in [2.45, 2.75) is 0 Å². The highest BCUT2D eigenvalue weighted by molar-refractivity contribution is 6.31. The van der Waals surface area contributed by atoms with E-state index in [4.69, 9.17) is 11.6 Å². The summed E-state index contributed by atoms with van der Waals surface area (Å²) in [5, 5.41) is 0.642. The molecule has 2 nitrogen and oxygen atoms in total. The van der Waals surface area contributed by atoms with Crippen LogP contribution in [0.3, 0.4) is 0 Å². The Morgan fingerprint density at radius 3 is 2.17 bits per heavy atom. The van der Waals surface area contributed by atoms with Crippen molar-refractivity contribution in [3.63, 3.8) is 0 Å². The summed E-state index contributed by atoms with van der Waals surface area (Å²) in [6.07, 6.45) is 4.13. The Balaban J connectivity index is 2.09. The minimum Gasteiger partial charge on any atom is -0.306 e. The highest BCUT2D eigenvalue weighted by atomic mass is 35.5. The van der Waals surface area contributed by atoms with E-state index in [-0.39, 0.29) is 5.78 Å². The van der Waals surface area contributed by atoms with Crippen molar-refractivity contribution < 1.29 is 4.79 Å². The maximum atomic E-state index is 12.5. The number of Topliss-reactive ketones (excluding diaryl/α,β-unsaturated/α-hetero) is 1. The molecule has 0 amide bonds. The first-order chi connectivity index (χ1) is 11.0. The lowest BCUT2D eigenvalue weighted by Gasteiger charge is -2.06. The lowest BCUT2D eigenvalue weighted by Crippen LogP contribution is -2.10. The second-order valence-electron chi connectivity index (χ2n) is 5.60. The molecular formula is C20H20ClNO. The van der Waals surface area contributed by atoms with E-state index in [1.54, 1.807) is 24.3 Å². The number of benzene rings is 2. The van der Waals surface area contributed by atoms with Gasteiger partial charge >= 0.3 is 0 Å². The van der Waals surface area contributed by atoms with Gasteiger partial charge in [0, 0.05) is 22.7 Å². The fourth-order valence-electron chi connectivity index (χ4n) is 2.10. The number of nitrogens with zero attached hydrogens (tertiary/aromatic N) is 1. The van der Waals surface area contributed by atoms with Gasteiger partial charge in [-0.3, -0.25) is 4.79 Å². The summed E-state index contributed by atoms with van der Waals surface area (Å²) in [6.45, 7) is 4.79. The standard InChI is InChI=1S/C20H20ClNO/c1-15(17-10-12-19(21)13-11-17)20(23)18-8-6-16(7-9-18)5-4-14-22(2)3/h4-13H,1,14H2,2-3H3/b5-4+. The second-order valence-corrected chi connectivity index (χ2v) is 6.04. The molecule has 0 spiro atoms. The van der Waals surface area contributed by atoms with Crippen LogP contribution in [0.2, 0.25) is 5.02 Å². The van der Waals surface area contributed by atoms with Crippen LogP contribution in [-0.2, 0) is 0 Å². The zero-order valence-electron chi connectivity index (χ0n) is 13.4. The summed E-state index contributed by atoms with van der Waals surface area (Å²) in [7, 11) is 4.04. The molecule has 0 aromatic heterocycles. The molecule has 0 aliphatic carbocycles. The van der Waals surface area contributed by atoms with Gasteiger partial charge in [-0.15, -0.1) is 0 Å². The van der Waals surface area contributed by atoms with Crippen molar-refractivity contribution in [1.82, 2.24) is 4.90 Å². The van der Waals surface area contributed by atoms with Crippen LogP contribution in [0.5, 0.6) is 0 Å². The van der Waals surface area contributed by atoms with Crippen molar-refractivity contribution in [1.29, 1.82) is 0 Å². The molecule has 0 N–H and O–H groups in total. The second kappa shape index (κ2) is 7.91. The third-order valence-corrected chi connectivity index (χ3v) is 3.67. The number of hydrogen-bond donors (Lipinski definition) is 0. The molecule has 2 rings (SSSR count). The van der Waals surface area contributed by atoms with E-state index < -0.39 is 0 Å². The fraction of sp³-hybridized carbons (Fsp3) is 0.150. The number of hydrogen-bond acceptors (Lipinski definition) is 2. The van der Waals surface area contributed by atoms with Crippen molar-refractivity contribution in [2.75, 3.05) is 20.6 Å². The zero-order valence-corrected chi connectivity index (χ0v) is 14.2. The van der Waals surface area contributed by atoms with Gasteiger partial charge in [0.15, 0.2) is 5.78 Å². The molecule has 2 aromatic carbocycles. The molecule has 0 bridgehead atoms. The van der Waals surface area contributed by atoms with Gasteiger partial charge < -0.3 is 4.90 Å². The first-order valence-corrected chi connectivity index (χ1v) is 7.76. The van der Waals surface area contributed by atoms with Crippen LogP contribution in [0.25, 0.3) is 11.6 Å². The molecule has 0 heterocycles. The maximum Gasteiger partial charge on any atom is 0.193 e. The third kappa shape index (κ3) is 4.92. The molecule has 23 heavy (non-hydrogen) atoms. The van der Waals surface area contributed by atoms with Crippen molar-refractivity contribution in [3.05, 3.63) is 82.9 Å². The first kappa shape index (κ1) is 17.2. The van der Waals surface area contributed by atoms with Gasteiger partial charge in [0.05, 0.1) is 0 Å². The van der Waals surface area contributed by atoms with Gasteiger partial charge in [0.25, 0.3) is 0 Å². The van der Waals surface area contributed by atoms with E-state index in [2.05, 4.69) is 17.6 Å². The van der Waals surface area contributed by atoms with Gasteiger partial charge in [-0.25, -0.2) is 0 Å². The summed E-state index contributed by atoms with van der Waals surface area (Å²) in [5.74, 6) is -0.0730. The van der Waals surface area contributed by atoms with E-state index in [0.717, 1.165) is 17.7 Å². The highest BCUT2D eigenvalue weighted by Gasteiger charge is 2.11. The summed E-state index contributed by atoms with van der Waals surface area (Å²) >= 11 is 5.87. The Morgan fingerprint density at radius 2 is 1.61 bits per heavy atom. The smallest absolute Gasteiger partial charge is 0.193 e. The molecule has 0 aliphatic rings. The average Bonchev–Trinajstić information content (AvgIpc) is 2.54. The van der Waals surface area contributed by atoms with Crippen molar-refractivity contribution >= 4 is 29.0 Å². The van der Waals surface area contributed by atoms with E-state index in [1.165, 1.54) is 0 Å². The summed E-state index contributed by atoms with van der Waals surface area (Å²) in [6, 6.07) is 14.7. The Kier molecular flexibility index (Phi) is 5.91. The van der Waals surface area contributed by atoms with Crippen LogP contribution in [0.1, 0.15) is 21.5 Å². The molecule has 0 atom stereocenters. The third-order valence-electron chi connectivity index (χ3n) is 3.42.